The van der Waals surface area contributed by atoms with Crippen molar-refractivity contribution in [1.29, 1.82) is 0 Å². The van der Waals surface area contributed by atoms with E-state index in [1.54, 1.807) is 44.3 Å². The van der Waals surface area contributed by atoms with Gasteiger partial charge < -0.3 is 5.32 Å². The van der Waals surface area contributed by atoms with Crippen LogP contribution in [0.1, 0.15) is 34.7 Å². The first kappa shape index (κ1) is 17.2. The minimum Gasteiger partial charge on any atom is -0.342 e. The van der Waals surface area contributed by atoms with Crippen LogP contribution in [0.5, 0.6) is 0 Å². The smallest absolute Gasteiger partial charge is 0.261 e. The van der Waals surface area contributed by atoms with E-state index in [9.17, 15) is 9.59 Å². The minimum absolute atomic E-state index is 0.173. The first-order chi connectivity index (χ1) is 11.9. The van der Waals surface area contributed by atoms with Gasteiger partial charge in [-0.1, -0.05) is 29.3 Å². The van der Waals surface area contributed by atoms with Gasteiger partial charge in [-0.05, 0) is 44.2 Å². The average molecular weight is 356 g/mol. The number of carbonyl (C=O) groups is 1. The van der Waals surface area contributed by atoms with Crippen molar-refractivity contribution in [2.45, 2.75) is 19.9 Å². The Bertz CT molecular complexity index is 1010. The highest BCUT2D eigenvalue weighted by Gasteiger charge is 2.17. The zero-order valence-electron chi connectivity index (χ0n) is 14.2. The topological polar surface area (TPSA) is 64.0 Å². The van der Waals surface area contributed by atoms with Crippen molar-refractivity contribution >= 4 is 28.4 Å². The van der Waals surface area contributed by atoms with E-state index in [1.807, 2.05) is 19.1 Å². The highest BCUT2D eigenvalue weighted by Crippen LogP contribution is 2.18. The van der Waals surface area contributed by atoms with Gasteiger partial charge in [-0.25, -0.2) is 4.98 Å². The number of halogens is 1. The lowest BCUT2D eigenvalue weighted by atomic mass is 10.1. The quantitative estimate of drug-likeness (QED) is 0.783. The summed E-state index contributed by atoms with van der Waals surface area (Å²) in [5.41, 5.74) is 1.99. The molecule has 1 aromatic heterocycles. The second kappa shape index (κ2) is 6.69. The Labute approximate surface area is 150 Å². The van der Waals surface area contributed by atoms with E-state index in [1.165, 1.54) is 4.57 Å². The van der Waals surface area contributed by atoms with Crippen molar-refractivity contribution in [3.8, 4) is 0 Å². The Morgan fingerprint density at radius 1 is 1.20 bits per heavy atom. The number of fused-ring (bicyclic) bond motifs is 1. The Morgan fingerprint density at radius 2 is 1.88 bits per heavy atom. The van der Waals surface area contributed by atoms with Gasteiger partial charge in [0.2, 0.25) is 0 Å². The van der Waals surface area contributed by atoms with Crippen molar-refractivity contribution in [3.63, 3.8) is 0 Å². The fourth-order valence-electron chi connectivity index (χ4n) is 2.70. The Balaban J connectivity index is 1.95. The van der Waals surface area contributed by atoms with Crippen molar-refractivity contribution in [3.05, 3.63) is 74.8 Å². The number of aromatic nitrogens is 2. The molecule has 25 heavy (non-hydrogen) atoms. The molecule has 0 aliphatic carbocycles. The predicted octanol–water partition coefficient (Wildman–Crippen LogP) is 3.39. The molecular formula is C19H18ClN3O2. The largest absolute Gasteiger partial charge is 0.342 e. The standard InChI is InChI=1S/C19H18ClN3O2/c1-11-4-6-13(7-5-11)18(24)21-12(2)17-22-16-10-14(20)8-9-15(16)19(25)23(17)3/h4-10,12H,1-3H3,(H,21,24)/t12-/m1/s1. The van der Waals surface area contributed by atoms with E-state index in [-0.39, 0.29) is 11.5 Å². The molecular weight excluding hydrogens is 338 g/mol. The summed E-state index contributed by atoms with van der Waals surface area (Å²) >= 11 is 6.00. The summed E-state index contributed by atoms with van der Waals surface area (Å²) < 4.78 is 1.45. The first-order valence-electron chi connectivity index (χ1n) is 7.90. The van der Waals surface area contributed by atoms with E-state index in [0.717, 1.165) is 5.56 Å². The second-order valence-electron chi connectivity index (χ2n) is 6.06. The molecule has 0 saturated heterocycles. The van der Waals surface area contributed by atoms with E-state index in [0.29, 0.717) is 27.3 Å². The lowest BCUT2D eigenvalue weighted by Crippen LogP contribution is -2.32. The molecule has 1 amide bonds. The molecule has 0 saturated carbocycles. The van der Waals surface area contributed by atoms with Gasteiger partial charge in [-0.2, -0.15) is 0 Å². The number of hydrogen-bond acceptors (Lipinski definition) is 3. The van der Waals surface area contributed by atoms with Gasteiger partial charge >= 0.3 is 0 Å². The average Bonchev–Trinajstić information content (AvgIpc) is 2.58. The fourth-order valence-corrected chi connectivity index (χ4v) is 2.86. The Kier molecular flexibility index (Phi) is 4.59. The Hall–Kier alpha value is -2.66. The Morgan fingerprint density at radius 3 is 2.56 bits per heavy atom. The van der Waals surface area contributed by atoms with Crippen LogP contribution >= 0.6 is 11.6 Å². The van der Waals surface area contributed by atoms with Crippen LogP contribution in [0.3, 0.4) is 0 Å². The molecule has 0 spiro atoms. The van der Waals surface area contributed by atoms with Crippen molar-refractivity contribution in [2.75, 3.05) is 0 Å². The fraction of sp³-hybridized carbons (Fsp3) is 0.211. The minimum atomic E-state index is -0.435. The molecule has 0 bridgehead atoms. The number of benzene rings is 2. The van der Waals surface area contributed by atoms with Gasteiger partial charge in [-0.15, -0.1) is 0 Å². The maximum Gasteiger partial charge on any atom is 0.261 e. The van der Waals surface area contributed by atoms with Gasteiger partial charge in [0.05, 0.1) is 16.9 Å². The molecule has 0 radical (unpaired) electrons. The number of nitrogens with zero attached hydrogens (tertiary/aromatic N) is 2. The summed E-state index contributed by atoms with van der Waals surface area (Å²) in [5, 5.41) is 3.89. The van der Waals surface area contributed by atoms with E-state index >= 15 is 0 Å². The van der Waals surface area contributed by atoms with Crippen molar-refractivity contribution in [1.82, 2.24) is 14.9 Å². The summed E-state index contributed by atoms with van der Waals surface area (Å²) in [4.78, 5) is 29.5. The molecule has 1 N–H and O–H groups in total. The maximum atomic E-state index is 12.5. The van der Waals surface area contributed by atoms with E-state index in [4.69, 9.17) is 11.6 Å². The molecule has 1 atom stereocenters. The van der Waals surface area contributed by atoms with Gasteiger partial charge in [0.1, 0.15) is 5.82 Å². The SMILES string of the molecule is Cc1ccc(C(=O)N[C@H](C)c2nc3cc(Cl)ccc3c(=O)n2C)cc1. The zero-order valence-corrected chi connectivity index (χ0v) is 15.0. The van der Waals surface area contributed by atoms with Crippen LogP contribution in [-0.4, -0.2) is 15.5 Å². The molecule has 5 nitrogen and oxygen atoms in total. The van der Waals surface area contributed by atoms with Crippen LogP contribution in [0, 0.1) is 6.92 Å². The molecule has 128 valence electrons. The third kappa shape index (κ3) is 3.42. The van der Waals surface area contributed by atoms with Crippen LogP contribution in [0.15, 0.2) is 47.3 Å². The zero-order chi connectivity index (χ0) is 18.1. The number of nitrogens with one attached hydrogen (secondary N) is 1. The number of carbonyl (C=O) groups excluding carboxylic acids is 1. The summed E-state index contributed by atoms with van der Waals surface area (Å²) in [7, 11) is 1.65. The van der Waals surface area contributed by atoms with Gasteiger partial charge in [0.15, 0.2) is 0 Å². The number of amides is 1. The molecule has 0 aliphatic rings. The van der Waals surface area contributed by atoms with Crippen molar-refractivity contribution in [2.24, 2.45) is 7.05 Å². The lowest BCUT2D eigenvalue weighted by molar-refractivity contribution is 0.0937. The highest BCUT2D eigenvalue weighted by atomic mass is 35.5. The molecule has 3 aromatic rings. The summed E-state index contributed by atoms with van der Waals surface area (Å²) in [6.07, 6.45) is 0. The predicted molar refractivity (Wildman–Crippen MR) is 99.1 cm³/mol. The third-order valence-corrected chi connectivity index (χ3v) is 4.36. The second-order valence-corrected chi connectivity index (χ2v) is 6.49. The summed E-state index contributed by atoms with van der Waals surface area (Å²) in [6.45, 7) is 3.76. The molecule has 6 heteroatoms. The van der Waals surface area contributed by atoms with Crippen LogP contribution < -0.4 is 10.9 Å². The molecule has 0 fully saturated rings. The molecule has 2 aromatic carbocycles. The monoisotopic (exact) mass is 355 g/mol. The number of aryl methyl sites for hydroxylation is 1. The van der Waals surface area contributed by atoms with Crippen LogP contribution in [-0.2, 0) is 7.05 Å². The van der Waals surface area contributed by atoms with Crippen molar-refractivity contribution < 1.29 is 4.79 Å². The van der Waals surface area contributed by atoms with Crippen LogP contribution in [0.4, 0.5) is 0 Å². The lowest BCUT2D eigenvalue weighted by Gasteiger charge is -2.17. The first-order valence-corrected chi connectivity index (χ1v) is 8.28. The molecule has 0 aliphatic heterocycles. The van der Waals surface area contributed by atoms with E-state index < -0.39 is 6.04 Å². The number of hydrogen-bond donors (Lipinski definition) is 1. The van der Waals surface area contributed by atoms with Crippen LogP contribution in [0.25, 0.3) is 10.9 Å². The number of rotatable bonds is 3. The molecule has 0 unspecified atom stereocenters. The van der Waals surface area contributed by atoms with Gasteiger partial charge in [0.25, 0.3) is 11.5 Å². The van der Waals surface area contributed by atoms with E-state index in [2.05, 4.69) is 10.3 Å². The highest BCUT2D eigenvalue weighted by molar-refractivity contribution is 6.31. The summed E-state index contributed by atoms with van der Waals surface area (Å²) in [6, 6.07) is 11.8. The maximum absolute atomic E-state index is 12.5. The third-order valence-electron chi connectivity index (χ3n) is 4.12. The van der Waals surface area contributed by atoms with Gasteiger partial charge in [-0.3, -0.25) is 14.2 Å². The molecule has 3 rings (SSSR count). The normalized spacial score (nSPS) is 12.2. The summed E-state index contributed by atoms with van der Waals surface area (Å²) in [5.74, 6) is 0.258. The molecule has 1 heterocycles. The van der Waals surface area contributed by atoms with Crippen LogP contribution in [0.2, 0.25) is 5.02 Å². The van der Waals surface area contributed by atoms with Gasteiger partial charge in [0, 0.05) is 17.6 Å².